The number of hydrogen-bond donors (Lipinski definition) is 0. The molecule has 2 nitrogen and oxygen atoms in total. The molecule has 0 amide bonds. The van der Waals surface area contributed by atoms with Gasteiger partial charge in [0.2, 0.25) is 0 Å². The summed E-state index contributed by atoms with van der Waals surface area (Å²) in [6.07, 6.45) is 5.05. The van der Waals surface area contributed by atoms with Gasteiger partial charge >= 0.3 is 0 Å². The summed E-state index contributed by atoms with van der Waals surface area (Å²) in [6, 6.07) is 3.87. The maximum atomic E-state index is 10.2. The van der Waals surface area contributed by atoms with Gasteiger partial charge in [-0.25, -0.2) is 0 Å². The molecule has 1 heterocycles. The van der Waals surface area contributed by atoms with Crippen molar-refractivity contribution >= 4 is 6.29 Å². The summed E-state index contributed by atoms with van der Waals surface area (Å²) in [4.78, 5) is 14.1. The van der Waals surface area contributed by atoms with Gasteiger partial charge in [-0.1, -0.05) is 13.0 Å². The fraction of sp³-hybridized carbons (Fsp3) is 0.333. The fourth-order valence-electron chi connectivity index (χ4n) is 0.948. The van der Waals surface area contributed by atoms with Gasteiger partial charge in [0, 0.05) is 18.8 Å². The lowest BCUT2D eigenvalue weighted by molar-refractivity contribution is -0.108. The minimum Gasteiger partial charge on any atom is -0.303 e. The number of rotatable bonds is 3. The van der Waals surface area contributed by atoms with Crippen LogP contribution in [-0.2, 0) is 4.79 Å². The van der Waals surface area contributed by atoms with Crippen LogP contribution in [0.1, 0.15) is 24.8 Å². The standard InChI is InChI=1S/C9H11NO/c1-8(4-6-11)9-3-2-5-10-7-9/h2-3,5-8H,4H2,1H3. The number of carbonyl (C=O) groups is 1. The van der Waals surface area contributed by atoms with Crippen molar-refractivity contribution in [3.8, 4) is 0 Å². The highest BCUT2D eigenvalue weighted by Crippen LogP contribution is 2.15. The quantitative estimate of drug-likeness (QED) is 0.613. The van der Waals surface area contributed by atoms with E-state index in [0.29, 0.717) is 12.3 Å². The summed E-state index contributed by atoms with van der Waals surface area (Å²) < 4.78 is 0. The highest BCUT2D eigenvalue weighted by molar-refractivity contribution is 5.51. The minimum atomic E-state index is 0.293. The van der Waals surface area contributed by atoms with Gasteiger partial charge in [-0.15, -0.1) is 0 Å². The number of aldehydes is 1. The van der Waals surface area contributed by atoms with Crippen molar-refractivity contribution < 1.29 is 4.79 Å². The van der Waals surface area contributed by atoms with Crippen LogP contribution >= 0.6 is 0 Å². The zero-order chi connectivity index (χ0) is 8.10. The molecule has 0 fully saturated rings. The first-order chi connectivity index (χ1) is 5.34. The highest BCUT2D eigenvalue weighted by Gasteiger charge is 2.02. The van der Waals surface area contributed by atoms with E-state index < -0.39 is 0 Å². The van der Waals surface area contributed by atoms with Crippen LogP contribution in [0, 0.1) is 0 Å². The Morgan fingerprint density at radius 1 is 1.73 bits per heavy atom. The molecule has 0 aliphatic carbocycles. The molecule has 0 saturated heterocycles. The van der Waals surface area contributed by atoms with E-state index in [4.69, 9.17) is 0 Å². The van der Waals surface area contributed by atoms with Gasteiger partial charge in [0.05, 0.1) is 0 Å². The van der Waals surface area contributed by atoms with Gasteiger partial charge in [-0.3, -0.25) is 4.98 Å². The van der Waals surface area contributed by atoms with Crippen LogP contribution in [0.5, 0.6) is 0 Å². The average Bonchev–Trinajstić information content (AvgIpc) is 2.07. The van der Waals surface area contributed by atoms with Gasteiger partial charge in [0.15, 0.2) is 0 Å². The van der Waals surface area contributed by atoms with Crippen molar-refractivity contribution in [3.63, 3.8) is 0 Å². The summed E-state index contributed by atoms with van der Waals surface area (Å²) in [6.45, 7) is 2.02. The molecule has 0 aliphatic heterocycles. The molecule has 2 heteroatoms. The number of aromatic nitrogens is 1. The average molecular weight is 149 g/mol. The Morgan fingerprint density at radius 3 is 3.09 bits per heavy atom. The van der Waals surface area contributed by atoms with E-state index in [2.05, 4.69) is 4.98 Å². The lowest BCUT2D eigenvalue weighted by atomic mass is 10.0. The monoisotopic (exact) mass is 149 g/mol. The Balaban J connectivity index is 2.68. The smallest absolute Gasteiger partial charge is 0.120 e. The van der Waals surface area contributed by atoms with Crippen molar-refractivity contribution in [1.29, 1.82) is 0 Å². The Morgan fingerprint density at radius 2 is 2.55 bits per heavy atom. The zero-order valence-electron chi connectivity index (χ0n) is 6.53. The second kappa shape index (κ2) is 3.86. The molecule has 0 N–H and O–H groups in total. The summed E-state index contributed by atoms with van der Waals surface area (Å²) in [5.41, 5.74) is 1.12. The van der Waals surface area contributed by atoms with E-state index in [1.54, 1.807) is 12.4 Å². The Labute approximate surface area is 66.3 Å². The van der Waals surface area contributed by atoms with Gasteiger partial charge in [0.25, 0.3) is 0 Å². The van der Waals surface area contributed by atoms with E-state index >= 15 is 0 Å². The van der Waals surface area contributed by atoms with E-state index in [1.807, 2.05) is 19.1 Å². The van der Waals surface area contributed by atoms with Crippen LogP contribution in [0.2, 0.25) is 0 Å². The third kappa shape index (κ3) is 2.15. The molecule has 11 heavy (non-hydrogen) atoms. The summed E-state index contributed by atoms with van der Waals surface area (Å²) in [5, 5.41) is 0. The summed E-state index contributed by atoms with van der Waals surface area (Å²) in [5.74, 6) is 0.293. The van der Waals surface area contributed by atoms with E-state index in [-0.39, 0.29) is 0 Å². The van der Waals surface area contributed by atoms with Gasteiger partial charge in [-0.2, -0.15) is 0 Å². The molecule has 0 saturated carbocycles. The molecule has 1 unspecified atom stereocenters. The van der Waals surface area contributed by atoms with E-state index in [0.717, 1.165) is 11.8 Å². The van der Waals surface area contributed by atoms with Crippen LogP contribution in [0.4, 0.5) is 0 Å². The van der Waals surface area contributed by atoms with Crippen molar-refractivity contribution in [1.82, 2.24) is 4.98 Å². The van der Waals surface area contributed by atoms with Crippen molar-refractivity contribution in [2.24, 2.45) is 0 Å². The second-order valence-corrected chi connectivity index (χ2v) is 2.59. The van der Waals surface area contributed by atoms with Crippen LogP contribution in [-0.4, -0.2) is 11.3 Å². The second-order valence-electron chi connectivity index (χ2n) is 2.59. The first-order valence-electron chi connectivity index (χ1n) is 3.68. The fourth-order valence-corrected chi connectivity index (χ4v) is 0.948. The molecule has 0 bridgehead atoms. The van der Waals surface area contributed by atoms with Gasteiger partial charge < -0.3 is 4.79 Å². The van der Waals surface area contributed by atoms with Crippen molar-refractivity contribution in [2.75, 3.05) is 0 Å². The molecule has 1 rings (SSSR count). The van der Waals surface area contributed by atoms with Gasteiger partial charge in [0.1, 0.15) is 6.29 Å². The van der Waals surface area contributed by atoms with Gasteiger partial charge in [-0.05, 0) is 17.5 Å². The Bertz CT molecular complexity index is 220. The van der Waals surface area contributed by atoms with Crippen LogP contribution in [0.25, 0.3) is 0 Å². The lowest BCUT2D eigenvalue weighted by Crippen LogP contribution is -1.93. The summed E-state index contributed by atoms with van der Waals surface area (Å²) in [7, 11) is 0. The van der Waals surface area contributed by atoms with E-state index in [9.17, 15) is 4.79 Å². The highest BCUT2D eigenvalue weighted by atomic mass is 16.1. The third-order valence-corrected chi connectivity index (χ3v) is 1.70. The molecule has 0 radical (unpaired) electrons. The number of nitrogens with zero attached hydrogens (tertiary/aromatic N) is 1. The molecule has 58 valence electrons. The predicted octanol–water partition coefficient (Wildman–Crippen LogP) is 1.77. The SMILES string of the molecule is CC(CC=O)c1cccnc1. The maximum absolute atomic E-state index is 10.2. The van der Waals surface area contributed by atoms with E-state index in [1.165, 1.54) is 0 Å². The molecular weight excluding hydrogens is 138 g/mol. The largest absolute Gasteiger partial charge is 0.303 e. The first kappa shape index (κ1) is 7.92. The van der Waals surface area contributed by atoms with Crippen LogP contribution in [0.3, 0.4) is 0 Å². The minimum absolute atomic E-state index is 0.293. The Hall–Kier alpha value is -1.18. The summed E-state index contributed by atoms with van der Waals surface area (Å²) >= 11 is 0. The van der Waals surface area contributed by atoms with Crippen LogP contribution < -0.4 is 0 Å². The molecule has 0 aliphatic rings. The maximum Gasteiger partial charge on any atom is 0.120 e. The third-order valence-electron chi connectivity index (χ3n) is 1.70. The number of carbonyl (C=O) groups excluding carboxylic acids is 1. The van der Waals surface area contributed by atoms with Crippen molar-refractivity contribution in [3.05, 3.63) is 30.1 Å². The molecule has 0 aromatic carbocycles. The number of pyridine rings is 1. The molecule has 1 aromatic rings. The molecule has 0 spiro atoms. The van der Waals surface area contributed by atoms with Crippen LogP contribution in [0.15, 0.2) is 24.5 Å². The lowest BCUT2D eigenvalue weighted by Gasteiger charge is -2.05. The van der Waals surface area contributed by atoms with Crippen molar-refractivity contribution in [2.45, 2.75) is 19.3 Å². The topological polar surface area (TPSA) is 30.0 Å². The first-order valence-corrected chi connectivity index (χ1v) is 3.68. The zero-order valence-corrected chi connectivity index (χ0v) is 6.53. The molecular formula is C9H11NO. The normalized spacial score (nSPS) is 12.5. The number of hydrogen-bond acceptors (Lipinski definition) is 2. The predicted molar refractivity (Wildman–Crippen MR) is 43.3 cm³/mol. The molecule has 1 atom stereocenters. The molecule has 1 aromatic heterocycles. The Kier molecular flexibility index (Phi) is 2.78.